The number of non-ortho nitro benzene ring substituents is 1. The number of benzene rings is 2. The van der Waals surface area contributed by atoms with E-state index in [-0.39, 0.29) is 16.5 Å². The molecule has 0 fully saturated rings. The zero-order chi connectivity index (χ0) is 28.0. The van der Waals surface area contributed by atoms with E-state index < -0.39 is 16.3 Å². The molecule has 0 aromatic heterocycles. The predicted molar refractivity (Wildman–Crippen MR) is 153 cm³/mol. The normalized spacial score (nSPS) is 19.2. The molecule has 1 atom stereocenters. The number of nitro groups is 1. The molecule has 1 N–H and O–H groups in total. The minimum absolute atomic E-state index is 0.000508. The van der Waals surface area contributed by atoms with Gasteiger partial charge in [-0.05, 0) is 66.3 Å². The van der Waals surface area contributed by atoms with Crippen LogP contribution in [0.3, 0.4) is 0 Å². The van der Waals surface area contributed by atoms with Crippen molar-refractivity contribution >= 4 is 34.4 Å². The van der Waals surface area contributed by atoms with Gasteiger partial charge in [0.05, 0.1) is 27.7 Å². The van der Waals surface area contributed by atoms with E-state index in [2.05, 4.69) is 44.7 Å². The fourth-order valence-electron chi connectivity index (χ4n) is 5.83. The number of hydrogen-bond acceptors (Lipinski definition) is 5. The monoisotopic (exact) mass is 515 g/mol. The number of carboxylic acids is 1. The Labute approximate surface area is 224 Å². The largest absolute Gasteiger partial charge is 0.478 e. The van der Waals surface area contributed by atoms with Crippen LogP contribution in [-0.2, 0) is 15.6 Å². The molecule has 1 unspecified atom stereocenters. The van der Waals surface area contributed by atoms with Gasteiger partial charge >= 0.3 is 5.97 Å². The van der Waals surface area contributed by atoms with Gasteiger partial charge in [-0.3, -0.25) is 10.1 Å². The Morgan fingerprint density at radius 1 is 1.13 bits per heavy atom. The van der Waals surface area contributed by atoms with Crippen LogP contribution >= 0.6 is 0 Å². The molecule has 1 heterocycles. The number of aliphatic imine (C=N–C) groups is 1. The Hall–Kier alpha value is -3.74. The van der Waals surface area contributed by atoms with Gasteiger partial charge in [0.2, 0.25) is 0 Å². The summed E-state index contributed by atoms with van der Waals surface area (Å²) in [7, 11) is 1.98. The van der Waals surface area contributed by atoms with E-state index in [9.17, 15) is 20.0 Å². The number of carbonyl (C=O) groups is 1. The average molecular weight is 516 g/mol. The van der Waals surface area contributed by atoms with Gasteiger partial charge in [-0.15, -0.1) is 0 Å². The quantitative estimate of drug-likeness (QED) is 0.184. The van der Waals surface area contributed by atoms with E-state index in [0.29, 0.717) is 12.1 Å². The maximum absolute atomic E-state index is 11.6. The molecule has 200 valence electrons. The van der Waals surface area contributed by atoms with Crippen molar-refractivity contribution in [1.82, 2.24) is 0 Å². The maximum atomic E-state index is 11.6. The third-order valence-corrected chi connectivity index (χ3v) is 8.23. The van der Waals surface area contributed by atoms with Gasteiger partial charge in [-0.2, -0.15) is 0 Å². The van der Waals surface area contributed by atoms with Gasteiger partial charge in [-0.25, -0.2) is 9.79 Å². The highest BCUT2D eigenvalue weighted by Gasteiger charge is 2.40. The highest BCUT2D eigenvalue weighted by molar-refractivity contribution is 6.13. The van der Waals surface area contributed by atoms with E-state index in [0.717, 1.165) is 41.6 Å². The SMILES string of the molecule is C/C=C\C(C)(C/C=C/C(=O)O)C1=Nc2cc([N+](=O)[O-])ccc2N(C)c2cc3c(cc21)C(C)(C)CCC3(C)C. The molecular formula is C31H37N3O4. The molecule has 0 radical (unpaired) electrons. The number of aliphatic carboxylic acids is 1. The van der Waals surface area contributed by atoms with Crippen molar-refractivity contribution in [3.63, 3.8) is 0 Å². The van der Waals surface area contributed by atoms with Gasteiger partial charge in [0, 0.05) is 36.2 Å². The highest BCUT2D eigenvalue weighted by Crippen LogP contribution is 2.51. The van der Waals surface area contributed by atoms with Crippen molar-refractivity contribution in [2.75, 3.05) is 11.9 Å². The summed E-state index contributed by atoms with van der Waals surface area (Å²) in [5, 5.41) is 20.9. The van der Waals surface area contributed by atoms with Crippen LogP contribution in [0.5, 0.6) is 0 Å². The lowest BCUT2D eigenvalue weighted by molar-refractivity contribution is -0.384. The lowest BCUT2D eigenvalue weighted by Crippen LogP contribution is -2.35. The van der Waals surface area contributed by atoms with Gasteiger partial charge < -0.3 is 10.0 Å². The summed E-state index contributed by atoms with van der Waals surface area (Å²) < 4.78 is 0. The molecule has 0 bridgehead atoms. The molecule has 38 heavy (non-hydrogen) atoms. The fraction of sp³-hybridized carbons (Fsp3) is 0.419. The Morgan fingerprint density at radius 3 is 2.34 bits per heavy atom. The van der Waals surface area contributed by atoms with E-state index in [1.165, 1.54) is 23.3 Å². The smallest absolute Gasteiger partial charge is 0.327 e. The minimum Gasteiger partial charge on any atom is -0.478 e. The third kappa shape index (κ3) is 4.77. The van der Waals surface area contributed by atoms with Crippen LogP contribution in [0.4, 0.5) is 22.7 Å². The molecule has 4 rings (SSSR count). The van der Waals surface area contributed by atoms with Crippen LogP contribution in [0.2, 0.25) is 0 Å². The molecule has 7 heteroatoms. The molecule has 0 amide bonds. The van der Waals surface area contributed by atoms with Gasteiger partial charge in [-0.1, -0.05) is 52.8 Å². The van der Waals surface area contributed by atoms with E-state index in [1.54, 1.807) is 12.1 Å². The molecular weight excluding hydrogens is 478 g/mol. The highest BCUT2D eigenvalue weighted by atomic mass is 16.6. The van der Waals surface area contributed by atoms with Crippen LogP contribution < -0.4 is 4.90 Å². The van der Waals surface area contributed by atoms with E-state index in [1.807, 2.05) is 33.0 Å². The van der Waals surface area contributed by atoms with Crippen molar-refractivity contribution < 1.29 is 14.8 Å². The minimum atomic E-state index is -1.00. The Bertz CT molecular complexity index is 1400. The maximum Gasteiger partial charge on any atom is 0.327 e. The Morgan fingerprint density at radius 2 is 1.76 bits per heavy atom. The summed E-state index contributed by atoms with van der Waals surface area (Å²) in [6.07, 6.45) is 9.34. The Balaban J connectivity index is 2.09. The summed E-state index contributed by atoms with van der Waals surface area (Å²) in [6, 6.07) is 9.34. The zero-order valence-electron chi connectivity index (χ0n) is 23.3. The number of fused-ring (bicyclic) bond motifs is 3. The molecule has 0 spiro atoms. The Kier molecular flexibility index (Phi) is 6.85. The van der Waals surface area contributed by atoms with Crippen molar-refractivity contribution in [2.45, 2.75) is 71.6 Å². The first-order chi connectivity index (χ1) is 17.7. The molecule has 2 aromatic rings. The fourth-order valence-corrected chi connectivity index (χ4v) is 5.83. The molecule has 1 aliphatic carbocycles. The first-order valence-corrected chi connectivity index (χ1v) is 13.0. The zero-order valence-corrected chi connectivity index (χ0v) is 23.3. The molecule has 0 saturated carbocycles. The number of rotatable bonds is 6. The summed E-state index contributed by atoms with van der Waals surface area (Å²) in [6.45, 7) is 13.1. The van der Waals surface area contributed by atoms with Crippen LogP contribution in [0, 0.1) is 15.5 Å². The number of nitro benzene ring substituents is 1. The first-order valence-electron chi connectivity index (χ1n) is 13.0. The predicted octanol–water partition coefficient (Wildman–Crippen LogP) is 7.76. The van der Waals surface area contributed by atoms with Crippen LogP contribution in [0.1, 0.15) is 77.5 Å². The average Bonchev–Trinajstić information content (AvgIpc) is 2.96. The summed E-state index contributed by atoms with van der Waals surface area (Å²) in [5.41, 5.74) is 5.88. The van der Waals surface area contributed by atoms with Crippen molar-refractivity contribution in [3.8, 4) is 0 Å². The van der Waals surface area contributed by atoms with Crippen molar-refractivity contribution in [3.05, 3.63) is 81.4 Å². The number of anilines is 2. The summed E-state index contributed by atoms with van der Waals surface area (Å²) in [5.74, 6) is -1.00. The van der Waals surface area contributed by atoms with E-state index in [4.69, 9.17) is 4.99 Å². The number of nitrogens with zero attached hydrogens (tertiary/aromatic N) is 3. The van der Waals surface area contributed by atoms with Crippen LogP contribution in [-0.4, -0.2) is 28.8 Å². The standard InChI is InChI=1S/C31H37N3O4/c1-8-13-31(6,14-9-10-27(35)36)28-21-18-22-23(30(4,5)16-15-29(22,2)3)19-26(21)33(7)25-12-11-20(34(37)38)17-24(25)32-28/h8-13,17-19H,14-16H2,1-7H3,(H,35,36)/b10-9+,13-8-. The molecule has 0 saturated heterocycles. The molecule has 7 nitrogen and oxygen atoms in total. The van der Waals surface area contributed by atoms with Crippen LogP contribution in [0.15, 0.2) is 59.6 Å². The first kappa shape index (κ1) is 27.3. The van der Waals surface area contributed by atoms with Gasteiger partial charge in [0.25, 0.3) is 5.69 Å². The number of allylic oxidation sites excluding steroid dienone is 3. The number of hydrogen-bond donors (Lipinski definition) is 1. The van der Waals surface area contributed by atoms with Crippen molar-refractivity contribution in [2.24, 2.45) is 10.4 Å². The lowest BCUT2D eigenvalue weighted by atomic mass is 9.62. The number of carboxylic acid groups (broad SMARTS) is 1. The summed E-state index contributed by atoms with van der Waals surface area (Å²) >= 11 is 0. The van der Waals surface area contributed by atoms with E-state index >= 15 is 0 Å². The topological polar surface area (TPSA) is 96.0 Å². The summed E-state index contributed by atoms with van der Waals surface area (Å²) in [4.78, 5) is 29.7. The lowest BCUT2D eigenvalue weighted by Gasteiger charge is -2.43. The third-order valence-electron chi connectivity index (χ3n) is 8.23. The second kappa shape index (κ2) is 9.53. The molecule has 2 aromatic carbocycles. The van der Waals surface area contributed by atoms with Crippen molar-refractivity contribution in [1.29, 1.82) is 0 Å². The second-order valence-electron chi connectivity index (χ2n) is 12.0. The van der Waals surface area contributed by atoms with Gasteiger partial charge in [0.15, 0.2) is 0 Å². The molecule has 1 aliphatic heterocycles. The van der Waals surface area contributed by atoms with Gasteiger partial charge in [0.1, 0.15) is 0 Å². The van der Waals surface area contributed by atoms with Crippen LogP contribution in [0.25, 0.3) is 0 Å². The molecule has 2 aliphatic rings. The second-order valence-corrected chi connectivity index (χ2v) is 12.0.